The first kappa shape index (κ1) is 59.6. The lowest BCUT2D eigenvalue weighted by Gasteiger charge is -2.18. The Bertz CT molecular complexity index is 1240. The highest BCUT2D eigenvalue weighted by molar-refractivity contribution is 5.71. The minimum absolute atomic E-state index is 0.103. The molecule has 0 amide bonds. The van der Waals surface area contributed by atoms with Crippen molar-refractivity contribution in [2.45, 2.75) is 245 Å². The van der Waals surface area contributed by atoms with Crippen molar-refractivity contribution in [1.29, 1.82) is 0 Å². The molecule has 360 valence electrons. The minimum Gasteiger partial charge on any atom is -0.462 e. The van der Waals surface area contributed by atoms with Crippen LogP contribution in [0.25, 0.3) is 0 Å². The second kappa shape index (κ2) is 51.2. The predicted molar refractivity (Wildman–Crippen MR) is 270 cm³/mol. The number of esters is 3. The van der Waals surface area contributed by atoms with E-state index in [9.17, 15) is 14.4 Å². The van der Waals surface area contributed by atoms with Crippen LogP contribution in [-0.4, -0.2) is 37.2 Å². The first-order valence-corrected chi connectivity index (χ1v) is 26.1. The van der Waals surface area contributed by atoms with Gasteiger partial charge in [-0.05, 0) is 77.0 Å². The molecule has 0 aromatic heterocycles. The third-order valence-electron chi connectivity index (χ3n) is 10.9. The summed E-state index contributed by atoms with van der Waals surface area (Å²) >= 11 is 0. The van der Waals surface area contributed by atoms with Gasteiger partial charge in [-0.25, -0.2) is 0 Å². The zero-order chi connectivity index (χ0) is 45.8. The van der Waals surface area contributed by atoms with E-state index in [4.69, 9.17) is 14.2 Å². The Morgan fingerprint density at radius 1 is 0.333 bits per heavy atom. The zero-order valence-corrected chi connectivity index (χ0v) is 41.1. The van der Waals surface area contributed by atoms with E-state index in [1.54, 1.807) is 0 Å². The van der Waals surface area contributed by atoms with E-state index in [0.29, 0.717) is 19.3 Å². The molecule has 0 aliphatic heterocycles. The van der Waals surface area contributed by atoms with Crippen molar-refractivity contribution < 1.29 is 28.6 Å². The third-order valence-corrected chi connectivity index (χ3v) is 10.9. The van der Waals surface area contributed by atoms with Gasteiger partial charge in [-0.1, -0.05) is 228 Å². The van der Waals surface area contributed by atoms with Crippen molar-refractivity contribution in [1.82, 2.24) is 0 Å². The first-order chi connectivity index (χ1) is 31.0. The van der Waals surface area contributed by atoms with Gasteiger partial charge in [-0.2, -0.15) is 0 Å². The highest BCUT2D eigenvalue weighted by Gasteiger charge is 2.19. The molecule has 0 spiro atoms. The van der Waals surface area contributed by atoms with Crippen LogP contribution in [0.5, 0.6) is 0 Å². The van der Waals surface area contributed by atoms with E-state index in [0.717, 1.165) is 89.9 Å². The molecule has 0 aliphatic carbocycles. The summed E-state index contributed by atoms with van der Waals surface area (Å²) in [6.07, 6.45) is 65.8. The van der Waals surface area contributed by atoms with E-state index in [-0.39, 0.29) is 37.5 Å². The second-order valence-corrected chi connectivity index (χ2v) is 17.1. The molecule has 0 fully saturated rings. The number of allylic oxidation sites excluding steroid dienone is 14. The molecule has 63 heavy (non-hydrogen) atoms. The molecule has 0 rings (SSSR count). The summed E-state index contributed by atoms with van der Waals surface area (Å²) in [5.41, 5.74) is 0. The molecular weight excluding hydrogens is 781 g/mol. The van der Waals surface area contributed by atoms with Crippen molar-refractivity contribution in [2.75, 3.05) is 13.2 Å². The Morgan fingerprint density at radius 2 is 0.667 bits per heavy atom. The summed E-state index contributed by atoms with van der Waals surface area (Å²) in [5, 5.41) is 0. The van der Waals surface area contributed by atoms with E-state index in [1.165, 1.54) is 103 Å². The maximum absolute atomic E-state index is 12.8. The van der Waals surface area contributed by atoms with Crippen LogP contribution in [-0.2, 0) is 28.6 Å². The van der Waals surface area contributed by atoms with Crippen LogP contribution in [0.1, 0.15) is 239 Å². The Balaban J connectivity index is 4.48. The number of rotatable bonds is 46. The topological polar surface area (TPSA) is 78.9 Å². The van der Waals surface area contributed by atoms with Gasteiger partial charge in [-0.3, -0.25) is 14.4 Å². The summed E-state index contributed by atoms with van der Waals surface area (Å²) in [6.45, 7) is 6.41. The average Bonchev–Trinajstić information content (AvgIpc) is 3.28. The lowest BCUT2D eigenvalue weighted by Crippen LogP contribution is -2.30. The van der Waals surface area contributed by atoms with Crippen LogP contribution >= 0.6 is 0 Å². The fraction of sp³-hybridized carbons (Fsp3) is 0.702. The van der Waals surface area contributed by atoms with E-state index < -0.39 is 6.10 Å². The van der Waals surface area contributed by atoms with Crippen molar-refractivity contribution in [3.63, 3.8) is 0 Å². The molecule has 0 aliphatic rings. The third kappa shape index (κ3) is 49.5. The fourth-order valence-corrected chi connectivity index (χ4v) is 6.98. The van der Waals surface area contributed by atoms with Crippen molar-refractivity contribution >= 4 is 17.9 Å². The summed E-state index contributed by atoms with van der Waals surface area (Å²) in [4.78, 5) is 37.9. The molecule has 1 atom stereocenters. The van der Waals surface area contributed by atoms with E-state index in [1.807, 2.05) is 6.08 Å². The molecule has 0 saturated carbocycles. The molecule has 0 heterocycles. The Kier molecular flexibility index (Phi) is 48.5. The SMILES string of the molecule is CC/C=C\C/C=C\C/C=C\C/C=C\C/C=C\C/C=C\CCC(=O)OCC(COC(=O)CCCCCCC/C=C\CCCC)OC(=O)CCCCCCCCCCCCCCCCC. The van der Waals surface area contributed by atoms with E-state index in [2.05, 4.69) is 99.8 Å². The van der Waals surface area contributed by atoms with Gasteiger partial charge >= 0.3 is 17.9 Å². The normalized spacial score (nSPS) is 12.7. The van der Waals surface area contributed by atoms with Gasteiger partial charge < -0.3 is 14.2 Å². The summed E-state index contributed by atoms with van der Waals surface area (Å²) < 4.78 is 16.7. The monoisotopic (exact) mass is 877 g/mol. The molecule has 0 aromatic carbocycles. The number of carbonyl (C=O) groups excluding carboxylic acids is 3. The van der Waals surface area contributed by atoms with Gasteiger partial charge in [0.1, 0.15) is 13.2 Å². The number of ether oxygens (including phenoxy) is 3. The zero-order valence-electron chi connectivity index (χ0n) is 41.1. The molecule has 6 nitrogen and oxygen atoms in total. The molecule has 0 saturated heterocycles. The largest absolute Gasteiger partial charge is 0.462 e. The van der Waals surface area contributed by atoms with Gasteiger partial charge in [0.05, 0.1) is 0 Å². The molecular formula is C57H96O6. The average molecular weight is 877 g/mol. The highest BCUT2D eigenvalue weighted by Crippen LogP contribution is 2.15. The molecule has 1 unspecified atom stereocenters. The lowest BCUT2D eigenvalue weighted by molar-refractivity contribution is -0.166. The van der Waals surface area contributed by atoms with Crippen LogP contribution in [0, 0.1) is 0 Å². The molecule has 0 N–H and O–H groups in total. The van der Waals surface area contributed by atoms with E-state index >= 15 is 0 Å². The second-order valence-electron chi connectivity index (χ2n) is 17.1. The fourth-order valence-electron chi connectivity index (χ4n) is 6.98. The number of hydrogen-bond donors (Lipinski definition) is 0. The first-order valence-electron chi connectivity index (χ1n) is 26.1. The maximum atomic E-state index is 12.8. The van der Waals surface area contributed by atoms with Gasteiger partial charge in [0.25, 0.3) is 0 Å². The van der Waals surface area contributed by atoms with Gasteiger partial charge in [0.2, 0.25) is 0 Å². The molecule has 0 aromatic rings. The van der Waals surface area contributed by atoms with Crippen LogP contribution in [0.15, 0.2) is 85.1 Å². The quantitative estimate of drug-likeness (QED) is 0.0262. The Labute approximate surface area is 388 Å². The Hall–Kier alpha value is -3.41. The smallest absolute Gasteiger partial charge is 0.306 e. The van der Waals surface area contributed by atoms with Crippen molar-refractivity contribution in [3.8, 4) is 0 Å². The van der Waals surface area contributed by atoms with Crippen LogP contribution in [0.4, 0.5) is 0 Å². The number of unbranched alkanes of at least 4 members (excludes halogenated alkanes) is 21. The van der Waals surface area contributed by atoms with Crippen LogP contribution in [0.2, 0.25) is 0 Å². The Morgan fingerprint density at radius 3 is 1.11 bits per heavy atom. The summed E-state index contributed by atoms with van der Waals surface area (Å²) in [7, 11) is 0. The maximum Gasteiger partial charge on any atom is 0.306 e. The standard InChI is InChI=1S/C57H96O6/c1-4-7-10-13-16-19-22-24-26-27-28-29-31-32-35-38-41-44-47-50-56(59)62-53-54(52-61-55(58)49-46-43-40-37-34-21-18-15-12-9-6-3)63-57(60)51-48-45-42-39-36-33-30-25-23-20-17-14-11-8-5-2/h7,10,15-16,18-19,24,26,28-29,32,35,41,44,54H,4-6,8-9,11-14,17,20-23,25,27,30-31,33-34,36-40,42-43,45-53H2,1-3H3/b10-7-,18-15-,19-16-,26-24-,29-28-,35-32-,44-41-. The number of carbonyl (C=O) groups is 3. The van der Waals surface area contributed by atoms with Crippen molar-refractivity contribution in [2.24, 2.45) is 0 Å². The number of hydrogen-bond acceptors (Lipinski definition) is 6. The van der Waals surface area contributed by atoms with Crippen LogP contribution < -0.4 is 0 Å². The lowest BCUT2D eigenvalue weighted by atomic mass is 10.0. The van der Waals surface area contributed by atoms with Gasteiger partial charge in [0.15, 0.2) is 6.10 Å². The predicted octanol–water partition coefficient (Wildman–Crippen LogP) is 17.2. The molecule has 0 radical (unpaired) electrons. The van der Waals surface area contributed by atoms with Crippen LogP contribution in [0.3, 0.4) is 0 Å². The summed E-state index contributed by atoms with van der Waals surface area (Å²) in [5.74, 6) is -0.998. The minimum atomic E-state index is -0.807. The van der Waals surface area contributed by atoms with Gasteiger partial charge in [-0.15, -0.1) is 0 Å². The summed E-state index contributed by atoms with van der Waals surface area (Å²) in [6, 6.07) is 0. The van der Waals surface area contributed by atoms with Gasteiger partial charge in [0, 0.05) is 19.3 Å². The molecule has 0 bridgehead atoms. The molecule has 6 heteroatoms. The van der Waals surface area contributed by atoms with Crippen molar-refractivity contribution in [3.05, 3.63) is 85.1 Å². The highest BCUT2D eigenvalue weighted by atomic mass is 16.6.